The van der Waals surface area contributed by atoms with Crippen molar-refractivity contribution in [3.8, 4) is 0 Å². The summed E-state index contributed by atoms with van der Waals surface area (Å²) in [5.41, 5.74) is 3.81. The van der Waals surface area contributed by atoms with Crippen molar-refractivity contribution in [1.29, 1.82) is 0 Å². The molecule has 1 fully saturated rings. The van der Waals surface area contributed by atoms with Crippen LogP contribution in [0.5, 0.6) is 0 Å². The van der Waals surface area contributed by atoms with Gasteiger partial charge in [-0.1, -0.05) is 6.07 Å². The molecule has 3 heterocycles. The Kier molecular flexibility index (Phi) is 5.20. The maximum atomic E-state index is 11.6. The van der Waals surface area contributed by atoms with Crippen LogP contribution in [0.4, 0.5) is 0 Å². The van der Waals surface area contributed by atoms with Crippen LogP contribution in [-0.2, 0) is 17.7 Å². The number of likely N-dealkylation sites (tertiary alicyclic amines) is 1. The molecule has 0 saturated carbocycles. The third kappa shape index (κ3) is 4.17. The largest absolute Gasteiger partial charge is 0.465 e. The molecule has 1 atom stereocenters. The van der Waals surface area contributed by atoms with Gasteiger partial charge in [-0.25, -0.2) is 4.79 Å². The average molecular weight is 325 g/mol. The molecule has 24 heavy (non-hydrogen) atoms. The van der Waals surface area contributed by atoms with Crippen molar-refractivity contribution in [1.82, 2.24) is 14.9 Å². The van der Waals surface area contributed by atoms with E-state index in [1.807, 2.05) is 25.3 Å². The summed E-state index contributed by atoms with van der Waals surface area (Å²) < 4.78 is 4.76. The van der Waals surface area contributed by atoms with Crippen molar-refractivity contribution in [3.05, 3.63) is 59.2 Å². The fourth-order valence-corrected chi connectivity index (χ4v) is 3.30. The first kappa shape index (κ1) is 16.6. The van der Waals surface area contributed by atoms with Crippen LogP contribution in [-0.4, -0.2) is 41.0 Å². The zero-order valence-electron chi connectivity index (χ0n) is 14.2. The molecule has 1 aliphatic heterocycles. The molecule has 0 aromatic carbocycles. The van der Waals surface area contributed by atoms with E-state index in [9.17, 15) is 4.79 Å². The van der Waals surface area contributed by atoms with E-state index in [-0.39, 0.29) is 5.97 Å². The lowest BCUT2D eigenvalue weighted by atomic mass is 9.99. The van der Waals surface area contributed by atoms with E-state index in [1.165, 1.54) is 7.11 Å². The van der Waals surface area contributed by atoms with Crippen LogP contribution >= 0.6 is 0 Å². The van der Waals surface area contributed by atoms with Crippen LogP contribution in [0, 0.1) is 12.8 Å². The third-order valence-electron chi connectivity index (χ3n) is 4.44. The first-order valence-electron chi connectivity index (χ1n) is 8.31. The molecule has 5 nitrogen and oxygen atoms in total. The highest BCUT2D eigenvalue weighted by molar-refractivity contribution is 5.89. The number of aryl methyl sites for hydroxylation is 1. The highest BCUT2D eigenvalue weighted by Gasteiger charge is 2.23. The molecular weight excluding hydrogens is 302 g/mol. The Morgan fingerprint density at radius 3 is 3.04 bits per heavy atom. The van der Waals surface area contributed by atoms with E-state index in [0.29, 0.717) is 11.5 Å². The van der Waals surface area contributed by atoms with Crippen LogP contribution in [0.2, 0.25) is 0 Å². The van der Waals surface area contributed by atoms with Gasteiger partial charge in [-0.3, -0.25) is 14.9 Å². The fourth-order valence-electron chi connectivity index (χ4n) is 3.30. The summed E-state index contributed by atoms with van der Waals surface area (Å²) in [5.74, 6) is 0.257. The van der Waals surface area contributed by atoms with E-state index in [0.717, 1.165) is 49.4 Å². The fraction of sp³-hybridized carbons (Fsp3) is 0.421. The summed E-state index contributed by atoms with van der Waals surface area (Å²) in [7, 11) is 1.39. The van der Waals surface area contributed by atoms with E-state index in [2.05, 4.69) is 27.0 Å². The predicted octanol–water partition coefficient (Wildman–Crippen LogP) is 2.64. The van der Waals surface area contributed by atoms with Crippen molar-refractivity contribution in [3.63, 3.8) is 0 Å². The van der Waals surface area contributed by atoms with Crippen LogP contribution < -0.4 is 0 Å². The summed E-state index contributed by atoms with van der Waals surface area (Å²) in [6.07, 6.45) is 5.50. The Labute approximate surface area is 142 Å². The van der Waals surface area contributed by atoms with Gasteiger partial charge in [-0.15, -0.1) is 0 Å². The van der Waals surface area contributed by atoms with E-state index >= 15 is 0 Å². The summed E-state index contributed by atoms with van der Waals surface area (Å²) in [6.45, 7) is 5.07. The van der Waals surface area contributed by atoms with Gasteiger partial charge in [0.2, 0.25) is 0 Å². The van der Waals surface area contributed by atoms with Crippen molar-refractivity contribution in [2.45, 2.75) is 26.3 Å². The van der Waals surface area contributed by atoms with Crippen LogP contribution in [0.1, 0.15) is 33.7 Å². The Morgan fingerprint density at radius 1 is 1.38 bits per heavy atom. The van der Waals surface area contributed by atoms with Crippen molar-refractivity contribution >= 4 is 5.97 Å². The molecule has 0 N–H and O–H groups in total. The molecule has 0 bridgehead atoms. The van der Waals surface area contributed by atoms with E-state index < -0.39 is 0 Å². The molecule has 2 aromatic rings. The zero-order chi connectivity index (χ0) is 16.9. The number of carbonyl (C=O) groups excluding carboxylic acids is 1. The number of carbonyl (C=O) groups is 1. The number of hydrogen-bond acceptors (Lipinski definition) is 5. The quantitative estimate of drug-likeness (QED) is 0.791. The number of esters is 1. The molecule has 2 aromatic heterocycles. The zero-order valence-corrected chi connectivity index (χ0v) is 14.2. The van der Waals surface area contributed by atoms with Gasteiger partial charge in [0.25, 0.3) is 0 Å². The number of rotatable bonds is 5. The Balaban J connectivity index is 1.57. The lowest BCUT2D eigenvalue weighted by Gasteiger charge is -2.16. The normalized spacial score (nSPS) is 17.8. The lowest BCUT2D eigenvalue weighted by Crippen LogP contribution is -2.21. The minimum atomic E-state index is -0.331. The minimum Gasteiger partial charge on any atom is -0.465 e. The third-order valence-corrected chi connectivity index (χ3v) is 4.44. The van der Waals surface area contributed by atoms with Gasteiger partial charge < -0.3 is 4.74 Å². The molecule has 1 saturated heterocycles. The predicted molar refractivity (Wildman–Crippen MR) is 91.6 cm³/mol. The van der Waals surface area contributed by atoms with Gasteiger partial charge in [0, 0.05) is 31.2 Å². The number of hydrogen-bond donors (Lipinski definition) is 0. The lowest BCUT2D eigenvalue weighted by molar-refractivity contribution is 0.0600. The molecule has 1 aliphatic rings. The van der Waals surface area contributed by atoms with Gasteiger partial charge in [0.15, 0.2) is 0 Å². The average Bonchev–Trinajstić information content (AvgIpc) is 3.01. The number of pyridine rings is 2. The Hall–Kier alpha value is -2.27. The second-order valence-electron chi connectivity index (χ2n) is 6.44. The van der Waals surface area contributed by atoms with E-state index in [4.69, 9.17) is 4.74 Å². The Bertz CT molecular complexity index is 717. The highest BCUT2D eigenvalue weighted by atomic mass is 16.5. The molecule has 0 radical (unpaired) electrons. The molecule has 0 amide bonds. The molecular formula is C19H23N3O2. The highest BCUT2D eigenvalue weighted by Crippen LogP contribution is 2.22. The number of ether oxygens (including phenoxy) is 1. The molecule has 3 rings (SSSR count). The van der Waals surface area contributed by atoms with Gasteiger partial charge in [-0.2, -0.15) is 0 Å². The second kappa shape index (κ2) is 7.53. The maximum Gasteiger partial charge on any atom is 0.339 e. The van der Waals surface area contributed by atoms with Crippen LogP contribution in [0.25, 0.3) is 0 Å². The van der Waals surface area contributed by atoms with Gasteiger partial charge >= 0.3 is 5.97 Å². The first-order chi connectivity index (χ1) is 11.6. The van der Waals surface area contributed by atoms with Gasteiger partial charge in [0.1, 0.15) is 0 Å². The molecule has 1 unspecified atom stereocenters. The van der Waals surface area contributed by atoms with E-state index in [1.54, 1.807) is 6.20 Å². The van der Waals surface area contributed by atoms with Gasteiger partial charge in [-0.05, 0) is 56.0 Å². The van der Waals surface area contributed by atoms with Crippen molar-refractivity contribution < 1.29 is 9.53 Å². The number of nitrogens with zero attached hydrogens (tertiary/aromatic N) is 3. The summed E-state index contributed by atoms with van der Waals surface area (Å²) in [4.78, 5) is 22.8. The SMILES string of the molecule is COC(=O)c1cncc(CC2CCN(Cc3cccc(C)n3)C2)c1. The number of methoxy groups -OCH3 is 1. The molecule has 0 spiro atoms. The minimum absolute atomic E-state index is 0.331. The van der Waals surface area contributed by atoms with Crippen LogP contribution in [0.15, 0.2) is 36.7 Å². The summed E-state index contributed by atoms with van der Waals surface area (Å²) >= 11 is 0. The first-order valence-corrected chi connectivity index (χ1v) is 8.31. The molecule has 5 heteroatoms. The monoisotopic (exact) mass is 325 g/mol. The topological polar surface area (TPSA) is 55.3 Å². The standard InChI is InChI=1S/C19H23N3O2/c1-14-4-3-5-18(21-14)13-22-7-6-15(12-22)8-16-9-17(11-20-10-16)19(23)24-2/h3-5,9-11,15H,6-8,12-13H2,1-2H3. The smallest absolute Gasteiger partial charge is 0.339 e. The summed E-state index contributed by atoms with van der Waals surface area (Å²) in [5, 5.41) is 0. The van der Waals surface area contributed by atoms with Crippen molar-refractivity contribution in [2.24, 2.45) is 5.92 Å². The second-order valence-corrected chi connectivity index (χ2v) is 6.44. The Morgan fingerprint density at radius 2 is 2.25 bits per heavy atom. The van der Waals surface area contributed by atoms with Crippen LogP contribution in [0.3, 0.4) is 0 Å². The molecule has 126 valence electrons. The summed E-state index contributed by atoms with van der Waals surface area (Å²) in [6, 6.07) is 8.07. The number of aromatic nitrogens is 2. The molecule has 0 aliphatic carbocycles. The maximum absolute atomic E-state index is 11.6. The van der Waals surface area contributed by atoms with Crippen molar-refractivity contribution in [2.75, 3.05) is 20.2 Å². The van der Waals surface area contributed by atoms with Gasteiger partial charge in [0.05, 0.1) is 18.4 Å².